The molecule has 2 aliphatic heterocycles. The minimum absolute atomic E-state index is 0.0579. The summed E-state index contributed by atoms with van der Waals surface area (Å²) in [6.07, 6.45) is 2.32. The van der Waals surface area contributed by atoms with Crippen molar-refractivity contribution in [1.29, 1.82) is 0 Å². The number of benzene rings is 2. The number of anilines is 2. The summed E-state index contributed by atoms with van der Waals surface area (Å²) < 4.78 is 1.07. The van der Waals surface area contributed by atoms with Gasteiger partial charge in [-0.05, 0) is 42.2 Å². The number of hydrogen-bond acceptors (Lipinski definition) is 5. The summed E-state index contributed by atoms with van der Waals surface area (Å²) in [4.78, 5) is 20.6. The third-order valence-electron chi connectivity index (χ3n) is 6.21. The normalized spacial score (nSPS) is 18.0. The van der Waals surface area contributed by atoms with Gasteiger partial charge < -0.3 is 14.9 Å². The van der Waals surface area contributed by atoms with Crippen LogP contribution in [0.5, 0.6) is 0 Å². The minimum atomic E-state index is -0.799. The molecular weight excluding hydrogens is 370 g/mol. The van der Waals surface area contributed by atoms with E-state index in [-0.39, 0.29) is 11.8 Å². The number of rotatable bonds is 3. The van der Waals surface area contributed by atoms with Crippen molar-refractivity contribution in [2.45, 2.75) is 24.7 Å². The maximum Gasteiger partial charge on any atom is 0.307 e. The summed E-state index contributed by atoms with van der Waals surface area (Å²) in [5.74, 6) is -0.799. The summed E-state index contributed by atoms with van der Waals surface area (Å²) >= 11 is 1.67. The molecule has 1 N–H and O–H groups in total. The van der Waals surface area contributed by atoms with Gasteiger partial charge in [-0.2, -0.15) is 0 Å². The Labute approximate surface area is 168 Å². The van der Waals surface area contributed by atoms with Gasteiger partial charge in [0.05, 0.1) is 16.6 Å². The number of likely N-dealkylation sites (N-methyl/N-ethyl adjacent to an activating group) is 1. The molecule has 0 aliphatic carbocycles. The quantitative estimate of drug-likeness (QED) is 0.731. The van der Waals surface area contributed by atoms with Crippen LogP contribution in [0, 0.1) is 0 Å². The number of piperidine rings is 1. The molecule has 6 heteroatoms. The highest BCUT2D eigenvalue weighted by molar-refractivity contribution is 7.22. The summed E-state index contributed by atoms with van der Waals surface area (Å²) in [5.41, 5.74) is 4.92. The topological polar surface area (TPSA) is 56.7 Å². The molecule has 2 aliphatic rings. The molecule has 1 fully saturated rings. The number of aliphatic carboxylic acids is 1. The molecule has 0 radical (unpaired) electrons. The largest absolute Gasteiger partial charge is 0.481 e. The highest BCUT2D eigenvalue weighted by Crippen LogP contribution is 2.47. The van der Waals surface area contributed by atoms with E-state index < -0.39 is 5.97 Å². The molecule has 0 bridgehead atoms. The van der Waals surface area contributed by atoms with Crippen molar-refractivity contribution in [3.05, 3.63) is 53.6 Å². The van der Waals surface area contributed by atoms with Crippen molar-refractivity contribution in [2.24, 2.45) is 0 Å². The van der Waals surface area contributed by atoms with Crippen LogP contribution in [0.25, 0.3) is 10.2 Å². The lowest BCUT2D eigenvalue weighted by Gasteiger charge is -2.39. The second-order valence-corrected chi connectivity index (χ2v) is 9.02. The number of carboxylic acids is 1. The van der Waals surface area contributed by atoms with Crippen molar-refractivity contribution in [3.8, 4) is 0 Å². The summed E-state index contributed by atoms with van der Waals surface area (Å²) in [6, 6.07) is 14.6. The van der Waals surface area contributed by atoms with Crippen LogP contribution in [0.1, 0.15) is 24.0 Å². The predicted molar refractivity (Wildman–Crippen MR) is 114 cm³/mol. The standard InChI is InChI=1S/C22H23N3O2S/c1-24-14-22(16-4-2-3-5-18(16)24)8-10-25(11-9-22)21-23-17-7-6-15(13-20(26)27)12-19(17)28-21/h2-7,12H,8-11,13-14H2,1H3,(H,26,27). The number of fused-ring (bicyclic) bond motifs is 3. The molecule has 5 nitrogen and oxygen atoms in total. The van der Waals surface area contributed by atoms with Crippen molar-refractivity contribution in [2.75, 3.05) is 36.5 Å². The van der Waals surface area contributed by atoms with Crippen molar-refractivity contribution in [1.82, 2.24) is 4.98 Å². The van der Waals surface area contributed by atoms with Crippen LogP contribution >= 0.6 is 11.3 Å². The van der Waals surface area contributed by atoms with Gasteiger partial charge in [-0.15, -0.1) is 0 Å². The van der Waals surface area contributed by atoms with Crippen molar-refractivity contribution in [3.63, 3.8) is 0 Å². The van der Waals surface area contributed by atoms with E-state index in [0.29, 0.717) is 0 Å². The first kappa shape index (κ1) is 17.5. The van der Waals surface area contributed by atoms with Crippen LogP contribution in [0.4, 0.5) is 10.8 Å². The van der Waals surface area contributed by atoms with Gasteiger partial charge in [-0.3, -0.25) is 4.79 Å². The molecule has 0 amide bonds. The molecule has 1 spiro atoms. The Bertz CT molecular complexity index is 1050. The average Bonchev–Trinajstić information content (AvgIpc) is 3.22. The fourth-order valence-electron chi connectivity index (χ4n) is 4.81. The molecule has 2 aromatic carbocycles. The highest BCUT2D eigenvalue weighted by atomic mass is 32.1. The van der Waals surface area contributed by atoms with Crippen LogP contribution in [0.2, 0.25) is 0 Å². The number of nitrogens with zero attached hydrogens (tertiary/aromatic N) is 3. The molecule has 0 saturated carbocycles. The zero-order chi connectivity index (χ0) is 19.3. The maximum atomic E-state index is 11.0. The Kier molecular flexibility index (Phi) is 4.05. The van der Waals surface area contributed by atoms with E-state index >= 15 is 0 Å². The predicted octanol–water partition coefficient (Wildman–Crippen LogP) is 3.91. The number of carboxylic acid groups (broad SMARTS) is 1. The van der Waals surface area contributed by atoms with Crippen LogP contribution < -0.4 is 9.80 Å². The third kappa shape index (κ3) is 2.83. The summed E-state index contributed by atoms with van der Waals surface area (Å²) in [7, 11) is 2.20. The zero-order valence-electron chi connectivity index (χ0n) is 15.9. The van der Waals surface area contributed by atoms with Gasteiger partial charge in [0.15, 0.2) is 5.13 Å². The van der Waals surface area contributed by atoms with E-state index in [0.717, 1.165) is 53.4 Å². The van der Waals surface area contributed by atoms with Gasteiger partial charge in [0.1, 0.15) is 0 Å². The molecule has 28 heavy (non-hydrogen) atoms. The lowest BCUT2D eigenvalue weighted by atomic mass is 9.74. The second kappa shape index (κ2) is 6.48. The Hall–Kier alpha value is -2.60. The zero-order valence-corrected chi connectivity index (χ0v) is 16.7. The van der Waals surface area contributed by atoms with Crippen LogP contribution in [-0.2, 0) is 16.6 Å². The summed E-state index contributed by atoms with van der Waals surface area (Å²) in [6.45, 7) is 3.10. The minimum Gasteiger partial charge on any atom is -0.481 e. The number of aromatic nitrogens is 1. The molecule has 1 aromatic heterocycles. The first-order valence-electron chi connectivity index (χ1n) is 9.71. The SMILES string of the molecule is CN1CC2(CCN(c3nc4ccc(CC(=O)O)cc4s3)CC2)c2ccccc21. The molecule has 144 valence electrons. The number of thiazole rings is 1. The molecule has 3 aromatic rings. The van der Waals surface area contributed by atoms with Gasteiger partial charge in [-0.1, -0.05) is 35.6 Å². The average molecular weight is 394 g/mol. The Morgan fingerprint density at radius 1 is 1.21 bits per heavy atom. The molecular formula is C22H23N3O2S. The maximum absolute atomic E-state index is 11.0. The van der Waals surface area contributed by atoms with Gasteiger partial charge in [0.2, 0.25) is 0 Å². The first-order valence-corrected chi connectivity index (χ1v) is 10.5. The Morgan fingerprint density at radius 2 is 2.00 bits per heavy atom. The summed E-state index contributed by atoms with van der Waals surface area (Å²) in [5, 5.41) is 10.1. The first-order chi connectivity index (χ1) is 13.5. The lowest BCUT2D eigenvalue weighted by molar-refractivity contribution is -0.136. The molecule has 0 atom stereocenters. The fourth-order valence-corrected chi connectivity index (χ4v) is 5.89. The molecule has 3 heterocycles. The molecule has 1 saturated heterocycles. The van der Waals surface area contributed by atoms with Crippen LogP contribution in [-0.4, -0.2) is 42.7 Å². The van der Waals surface area contributed by atoms with Gasteiger partial charge in [0.25, 0.3) is 0 Å². The van der Waals surface area contributed by atoms with Crippen molar-refractivity contribution < 1.29 is 9.90 Å². The molecule has 0 unspecified atom stereocenters. The molecule has 5 rings (SSSR count). The van der Waals surface area contributed by atoms with Gasteiger partial charge in [-0.25, -0.2) is 4.98 Å². The van der Waals surface area contributed by atoms with E-state index in [1.54, 1.807) is 11.3 Å². The lowest BCUT2D eigenvalue weighted by Crippen LogP contribution is -2.44. The Balaban J connectivity index is 1.37. The van der Waals surface area contributed by atoms with Crippen molar-refractivity contribution >= 4 is 38.3 Å². The van der Waals surface area contributed by atoms with E-state index in [1.165, 1.54) is 11.3 Å². The van der Waals surface area contributed by atoms with Gasteiger partial charge >= 0.3 is 5.97 Å². The van der Waals surface area contributed by atoms with Crippen LogP contribution in [0.3, 0.4) is 0 Å². The van der Waals surface area contributed by atoms with E-state index in [1.807, 2.05) is 18.2 Å². The third-order valence-corrected chi connectivity index (χ3v) is 7.29. The number of para-hydroxylation sites is 1. The highest BCUT2D eigenvalue weighted by Gasteiger charge is 2.43. The second-order valence-electron chi connectivity index (χ2n) is 8.01. The fraction of sp³-hybridized carbons (Fsp3) is 0.364. The number of hydrogen-bond donors (Lipinski definition) is 1. The van der Waals surface area contributed by atoms with E-state index in [9.17, 15) is 4.79 Å². The Morgan fingerprint density at radius 3 is 2.79 bits per heavy atom. The van der Waals surface area contributed by atoms with E-state index in [2.05, 4.69) is 41.1 Å². The smallest absolute Gasteiger partial charge is 0.307 e. The monoisotopic (exact) mass is 393 g/mol. The van der Waals surface area contributed by atoms with E-state index in [4.69, 9.17) is 10.1 Å². The van der Waals surface area contributed by atoms with Gasteiger partial charge in [0, 0.05) is 37.8 Å². The number of carbonyl (C=O) groups is 1. The van der Waals surface area contributed by atoms with Crippen LogP contribution in [0.15, 0.2) is 42.5 Å².